The average Bonchev–Trinajstić information content (AvgIpc) is 2.29. The van der Waals surface area contributed by atoms with E-state index in [4.69, 9.17) is 0 Å². The predicted molar refractivity (Wildman–Crippen MR) is 59.6 cm³/mol. The summed E-state index contributed by atoms with van der Waals surface area (Å²) in [7, 11) is 1.35. The molecule has 0 saturated heterocycles. The molecule has 1 rings (SSSR count). The van der Waals surface area contributed by atoms with Crippen molar-refractivity contribution < 1.29 is 13.2 Å². The van der Waals surface area contributed by atoms with Crippen molar-refractivity contribution in [2.45, 2.75) is 0 Å². The van der Waals surface area contributed by atoms with Gasteiger partial charge in [-0.3, -0.25) is 4.99 Å². The molecule has 0 saturated carbocycles. The minimum Gasteiger partial charge on any atom is -0.270 e. The Hall–Kier alpha value is -1.91. The first kappa shape index (κ1) is 14.1. The van der Waals surface area contributed by atoms with Crippen LogP contribution in [0.2, 0.25) is 0 Å². The Morgan fingerprint density at radius 1 is 1.06 bits per heavy atom. The number of hydrogen-bond acceptors (Lipinski definition) is 1. The Labute approximate surface area is 91.9 Å². The van der Waals surface area contributed by atoms with Crippen LogP contribution >= 0.6 is 0 Å². The minimum atomic E-state index is -1.24. The third-order valence-electron chi connectivity index (χ3n) is 1.61. The summed E-state index contributed by atoms with van der Waals surface area (Å²) in [5, 5.41) is 0. The highest BCUT2D eigenvalue weighted by molar-refractivity contribution is 6.01. The summed E-state index contributed by atoms with van der Waals surface area (Å²) in [5.41, 5.74) is -0.207. The lowest BCUT2D eigenvalue weighted by Gasteiger charge is -2.02. The van der Waals surface area contributed by atoms with Gasteiger partial charge in [-0.15, -0.1) is 13.2 Å². The van der Waals surface area contributed by atoms with E-state index in [2.05, 4.69) is 29.9 Å². The molecule has 2 nitrogen and oxygen atoms in total. The maximum absolute atomic E-state index is 13.1. The first-order valence-electron chi connectivity index (χ1n) is 4.18. The number of nitrogens with zero attached hydrogens (tertiary/aromatic N) is 2. The smallest absolute Gasteiger partial charge is 0.161 e. The number of hydrogen-bond donors (Lipinski definition) is 0. The molecule has 1 aromatic carbocycles. The van der Waals surface area contributed by atoms with Crippen molar-refractivity contribution in [3.05, 3.63) is 48.3 Å². The fraction of sp³-hybridized carbons (Fsp3) is 0.0909. The van der Waals surface area contributed by atoms with Gasteiger partial charge in [0, 0.05) is 13.1 Å². The summed E-state index contributed by atoms with van der Waals surface area (Å²) in [6.07, 6.45) is 0. The molecular weight excluding hydrogens is 217 g/mol. The second-order valence-corrected chi connectivity index (χ2v) is 2.45. The van der Waals surface area contributed by atoms with E-state index >= 15 is 0 Å². The van der Waals surface area contributed by atoms with Crippen LogP contribution in [0.25, 0.3) is 0 Å². The highest BCUT2D eigenvalue weighted by Gasteiger charge is 2.12. The SMILES string of the molecule is C=C.C=NC(=NC)c1cc(F)c(F)cc1F. The Kier molecular flexibility index (Phi) is 5.77. The van der Waals surface area contributed by atoms with Crippen molar-refractivity contribution in [1.29, 1.82) is 0 Å². The Balaban J connectivity index is 0.00000106. The molecule has 0 heterocycles. The maximum atomic E-state index is 13.1. The van der Waals surface area contributed by atoms with Gasteiger partial charge < -0.3 is 0 Å². The number of benzene rings is 1. The van der Waals surface area contributed by atoms with Gasteiger partial charge in [0.1, 0.15) is 5.82 Å². The zero-order valence-corrected chi connectivity index (χ0v) is 8.80. The summed E-state index contributed by atoms with van der Waals surface area (Å²) in [6, 6.07) is 1.14. The molecule has 5 heteroatoms. The van der Waals surface area contributed by atoms with Crippen LogP contribution in [0.15, 0.2) is 35.3 Å². The van der Waals surface area contributed by atoms with Crippen LogP contribution in [0.3, 0.4) is 0 Å². The second-order valence-electron chi connectivity index (χ2n) is 2.45. The number of aliphatic imine (C=N–C) groups is 2. The fourth-order valence-electron chi connectivity index (χ4n) is 0.970. The lowest BCUT2D eigenvalue weighted by atomic mass is 10.2. The summed E-state index contributed by atoms with van der Waals surface area (Å²) in [5.74, 6) is -3.38. The molecular formula is C11H11F3N2. The fourth-order valence-corrected chi connectivity index (χ4v) is 0.970. The Morgan fingerprint density at radius 2 is 1.56 bits per heavy atom. The zero-order valence-electron chi connectivity index (χ0n) is 8.80. The van der Waals surface area contributed by atoms with E-state index in [1.807, 2.05) is 0 Å². The summed E-state index contributed by atoms with van der Waals surface area (Å²) >= 11 is 0. The molecule has 0 amide bonds. The van der Waals surface area contributed by atoms with Gasteiger partial charge in [-0.1, -0.05) is 0 Å². The van der Waals surface area contributed by atoms with Gasteiger partial charge in [-0.2, -0.15) is 0 Å². The number of rotatable bonds is 1. The Bertz CT molecular complexity index is 414. The van der Waals surface area contributed by atoms with Crippen molar-refractivity contribution in [3.63, 3.8) is 0 Å². The molecule has 0 aromatic heterocycles. The summed E-state index contributed by atoms with van der Waals surface area (Å²) in [6.45, 7) is 9.14. The van der Waals surface area contributed by atoms with E-state index in [0.717, 1.165) is 0 Å². The summed E-state index contributed by atoms with van der Waals surface area (Å²) in [4.78, 5) is 6.95. The molecule has 0 aliphatic rings. The molecule has 0 spiro atoms. The van der Waals surface area contributed by atoms with Crippen LogP contribution in [0.1, 0.15) is 5.56 Å². The molecule has 0 bridgehead atoms. The van der Waals surface area contributed by atoms with Crippen LogP contribution in [0, 0.1) is 17.5 Å². The van der Waals surface area contributed by atoms with Crippen molar-refractivity contribution in [2.75, 3.05) is 7.05 Å². The third-order valence-corrected chi connectivity index (χ3v) is 1.61. The van der Waals surface area contributed by atoms with E-state index in [0.29, 0.717) is 12.1 Å². The number of halogens is 3. The van der Waals surface area contributed by atoms with Gasteiger partial charge in [0.25, 0.3) is 0 Å². The quantitative estimate of drug-likeness (QED) is 0.305. The van der Waals surface area contributed by atoms with Gasteiger partial charge in [-0.05, 0) is 12.8 Å². The summed E-state index contributed by atoms with van der Waals surface area (Å²) < 4.78 is 38.3. The van der Waals surface area contributed by atoms with E-state index in [-0.39, 0.29) is 11.4 Å². The molecule has 0 atom stereocenters. The van der Waals surface area contributed by atoms with Crippen molar-refractivity contribution in [1.82, 2.24) is 0 Å². The first-order chi connectivity index (χ1) is 7.60. The molecule has 0 aliphatic heterocycles. The third kappa shape index (κ3) is 3.05. The van der Waals surface area contributed by atoms with E-state index in [9.17, 15) is 13.2 Å². The van der Waals surface area contributed by atoms with Crippen LogP contribution < -0.4 is 0 Å². The molecule has 0 aliphatic carbocycles. The van der Waals surface area contributed by atoms with Crippen molar-refractivity contribution >= 4 is 12.6 Å². The van der Waals surface area contributed by atoms with Gasteiger partial charge in [-0.25, -0.2) is 18.2 Å². The predicted octanol–water partition coefficient (Wildman–Crippen LogP) is 2.98. The highest BCUT2D eigenvalue weighted by atomic mass is 19.2. The van der Waals surface area contributed by atoms with Gasteiger partial charge in [0.05, 0.1) is 5.56 Å². The zero-order chi connectivity index (χ0) is 12.7. The van der Waals surface area contributed by atoms with Gasteiger partial charge >= 0.3 is 0 Å². The van der Waals surface area contributed by atoms with Crippen molar-refractivity contribution in [3.8, 4) is 0 Å². The van der Waals surface area contributed by atoms with E-state index in [1.165, 1.54) is 7.05 Å². The first-order valence-corrected chi connectivity index (χ1v) is 4.18. The standard InChI is InChI=1S/C9H7F3N2.C2H4/c1-13-9(14-2)5-3-7(11)8(12)4-6(5)10;1-2/h3-4H,1H2,2H3;1-2H2. The lowest BCUT2D eigenvalue weighted by Crippen LogP contribution is -2.02. The lowest BCUT2D eigenvalue weighted by molar-refractivity contribution is 0.494. The average molecular weight is 228 g/mol. The molecule has 0 fully saturated rings. The van der Waals surface area contributed by atoms with Crippen LogP contribution in [-0.4, -0.2) is 19.6 Å². The van der Waals surface area contributed by atoms with Crippen LogP contribution in [-0.2, 0) is 0 Å². The van der Waals surface area contributed by atoms with Crippen LogP contribution in [0.4, 0.5) is 13.2 Å². The highest BCUT2D eigenvalue weighted by Crippen LogP contribution is 2.14. The molecule has 16 heavy (non-hydrogen) atoms. The topological polar surface area (TPSA) is 24.7 Å². The second kappa shape index (κ2) is 6.55. The number of amidine groups is 1. The molecule has 0 unspecified atom stereocenters. The largest absolute Gasteiger partial charge is 0.270 e. The molecule has 1 aromatic rings. The van der Waals surface area contributed by atoms with Gasteiger partial charge in [0.2, 0.25) is 0 Å². The molecule has 0 radical (unpaired) electrons. The minimum absolute atomic E-state index is 0.0681. The van der Waals surface area contributed by atoms with E-state index in [1.54, 1.807) is 0 Å². The monoisotopic (exact) mass is 228 g/mol. The van der Waals surface area contributed by atoms with E-state index < -0.39 is 17.5 Å². The van der Waals surface area contributed by atoms with Crippen LogP contribution in [0.5, 0.6) is 0 Å². The van der Waals surface area contributed by atoms with Gasteiger partial charge in [0.15, 0.2) is 17.5 Å². The van der Waals surface area contributed by atoms with Crippen molar-refractivity contribution in [2.24, 2.45) is 9.98 Å². The molecule has 0 N–H and O–H groups in total. The Morgan fingerprint density at radius 3 is 2.00 bits per heavy atom. The maximum Gasteiger partial charge on any atom is 0.161 e. The normalized spacial score (nSPS) is 10.4. The molecule has 86 valence electrons.